The van der Waals surface area contributed by atoms with Gasteiger partial charge in [0, 0.05) is 18.5 Å². The molecular formula is C18H26N6O. The van der Waals surface area contributed by atoms with Crippen molar-refractivity contribution in [3.8, 4) is 0 Å². The average Bonchev–Trinajstić information content (AvgIpc) is 3.25. The zero-order chi connectivity index (χ0) is 17.9. The van der Waals surface area contributed by atoms with Gasteiger partial charge in [0.15, 0.2) is 5.82 Å². The van der Waals surface area contributed by atoms with Crippen LogP contribution in [-0.2, 0) is 12.5 Å². The highest BCUT2D eigenvalue weighted by Gasteiger charge is 2.41. The van der Waals surface area contributed by atoms with Crippen LogP contribution in [0.5, 0.6) is 0 Å². The molecule has 1 aliphatic carbocycles. The van der Waals surface area contributed by atoms with Crippen LogP contribution in [0.15, 0.2) is 30.3 Å². The second-order valence-corrected chi connectivity index (χ2v) is 6.95. The molecule has 0 bridgehead atoms. The number of carbonyl (C=O) groups is 1. The molecule has 1 heterocycles. The van der Waals surface area contributed by atoms with E-state index in [1.807, 2.05) is 13.0 Å². The first-order chi connectivity index (χ1) is 12.0. The van der Waals surface area contributed by atoms with Crippen LogP contribution >= 0.6 is 0 Å². The van der Waals surface area contributed by atoms with Crippen LogP contribution in [0.1, 0.15) is 57.0 Å². The summed E-state index contributed by atoms with van der Waals surface area (Å²) in [5.41, 5.74) is 1.32. The van der Waals surface area contributed by atoms with Crippen molar-refractivity contribution in [1.82, 2.24) is 30.8 Å². The lowest BCUT2D eigenvalue weighted by Crippen LogP contribution is -2.51. The molecule has 2 aromatic rings. The van der Waals surface area contributed by atoms with Gasteiger partial charge in [0.2, 0.25) is 0 Å². The number of rotatable bonds is 5. The van der Waals surface area contributed by atoms with Crippen LogP contribution in [0.25, 0.3) is 0 Å². The lowest BCUT2D eigenvalue weighted by molar-refractivity contribution is 0.223. The molecule has 0 aliphatic heterocycles. The third-order valence-electron chi connectivity index (χ3n) is 5.41. The van der Waals surface area contributed by atoms with E-state index >= 15 is 0 Å². The molecule has 2 atom stereocenters. The standard InChI is InChI=1S/C18H26N6O/c1-13(16-21-22-23-24(16)3)19-17(25)20-14(2)18(11-7-8-12-18)15-9-5-4-6-10-15/h4-6,9-10,13-14H,7-8,11-12H2,1-3H3,(H2,19,20,25)/t13-,14+/m0/s1. The highest BCUT2D eigenvalue weighted by atomic mass is 16.2. The quantitative estimate of drug-likeness (QED) is 0.874. The Hall–Kier alpha value is -2.44. The van der Waals surface area contributed by atoms with Crippen molar-refractivity contribution < 1.29 is 4.79 Å². The van der Waals surface area contributed by atoms with Gasteiger partial charge >= 0.3 is 6.03 Å². The van der Waals surface area contributed by atoms with Crippen molar-refractivity contribution in [3.63, 3.8) is 0 Å². The first-order valence-corrected chi connectivity index (χ1v) is 8.88. The van der Waals surface area contributed by atoms with Gasteiger partial charge in [-0.25, -0.2) is 9.48 Å². The van der Waals surface area contributed by atoms with Crippen molar-refractivity contribution in [1.29, 1.82) is 0 Å². The van der Waals surface area contributed by atoms with E-state index < -0.39 is 0 Å². The summed E-state index contributed by atoms with van der Waals surface area (Å²) >= 11 is 0. The van der Waals surface area contributed by atoms with Crippen LogP contribution in [0, 0.1) is 0 Å². The SMILES string of the molecule is C[C@H](NC(=O)N[C@H](C)C1(c2ccccc2)CCCC1)c1nnnn1C. The molecule has 7 nitrogen and oxygen atoms in total. The minimum Gasteiger partial charge on any atom is -0.335 e. The molecule has 0 saturated heterocycles. The first-order valence-electron chi connectivity index (χ1n) is 8.88. The van der Waals surface area contributed by atoms with E-state index in [-0.39, 0.29) is 23.5 Å². The number of aromatic nitrogens is 4. The second kappa shape index (κ2) is 7.21. The van der Waals surface area contributed by atoms with Crippen molar-refractivity contribution >= 4 is 6.03 Å². The molecule has 25 heavy (non-hydrogen) atoms. The fourth-order valence-corrected chi connectivity index (χ4v) is 3.99. The summed E-state index contributed by atoms with van der Waals surface area (Å²) in [4.78, 5) is 12.5. The van der Waals surface area contributed by atoms with Crippen LogP contribution in [0.3, 0.4) is 0 Å². The van der Waals surface area contributed by atoms with E-state index in [0.29, 0.717) is 5.82 Å². The Bertz CT molecular complexity index is 707. The number of benzene rings is 1. The summed E-state index contributed by atoms with van der Waals surface area (Å²) < 4.78 is 1.57. The number of aryl methyl sites for hydroxylation is 1. The number of nitrogens with one attached hydrogen (secondary N) is 2. The summed E-state index contributed by atoms with van der Waals surface area (Å²) in [6.45, 7) is 3.98. The predicted molar refractivity (Wildman–Crippen MR) is 94.9 cm³/mol. The van der Waals surface area contributed by atoms with Gasteiger partial charge in [-0.05, 0) is 42.7 Å². The van der Waals surface area contributed by atoms with Crippen molar-refractivity contribution in [2.45, 2.75) is 57.0 Å². The van der Waals surface area contributed by atoms with Gasteiger partial charge in [0.05, 0.1) is 6.04 Å². The number of hydrogen-bond acceptors (Lipinski definition) is 4. The Morgan fingerprint density at radius 2 is 1.84 bits per heavy atom. The molecule has 0 spiro atoms. The third kappa shape index (κ3) is 3.50. The van der Waals surface area contributed by atoms with Crippen molar-refractivity contribution in [2.75, 3.05) is 0 Å². The molecule has 1 fully saturated rings. The smallest absolute Gasteiger partial charge is 0.315 e. The minimum absolute atomic E-state index is 0.00811. The fraction of sp³-hybridized carbons (Fsp3) is 0.556. The Morgan fingerprint density at radius 1 is 1.16 bits per heavy atom. The van der Waals surface area contributed by atoms with Gasteiger partial charge in [-0.3, -0.25) is 0 Å². The Balaban J connectivity index is 1.68. The van der Waals surface area contributed by atoms with Gasteiger partial charge in [-0.2, -0.15) is 0 Å². The normalized spacial score (nSPS) is 18.5. The van der Waals surface area contributed by atoms with Crippen molar-refractivity contribution in [3.05, 3.63) is 41.7 Å². The topological polar surface area (TPSA) is 84.7 Å². The van der Waals surface area contributed by atoms with E-state index in [0.717, 1.165) is 12.8 Å². The minimum atomic E-state index is -0.261. The number of urea groups is 1. The predicted octanol–water partition coefficient (Wildman–Crippen LogP) is 2.47. The fourth-order valence-electron chi connectivity index (χ4n) is 3.99. The van der Waals surface area contributed by atoms with Gasteiger partial charge in [-0.15, -0.1) is 5.10 Å². The molecule has 134 valence electrons. The van der Waals surface area contributed by atoms with E-state index in [9.17, 15) is 4.79 Å². The lowest BCUT2D eigenvalue weighted by atomic mass is 9.73. The number of carbonyl (C=O) groups excluding carboxylic acids is 1. The summed E-state index contributed by atoms with van der Waals surface area (Å²) in [5.74, 6) is 0.626. The summed E-state index contributed by atoms with van der Waals surface area (Å²) in [5, 5.41) is 17.4. The highest BCUT2D eigenvalue weighted by molar-refractivity contribution is 5.74. The highest BCUT2D eigenvalue weighted by Crippen LogP contribution is 2.43. The van der Waals surface area contributed by atoms with Gasteiger partial charge in [0.25, 0.3) is 0 Å². The van der Waals surface area contributed by atoms with Gasteiger partial charge in [0.1, 0.15) is 0 Å². The zero-order valence-corrected chi connectivity index (χ0v) is 15.1. The maximum absolute atomic E-state index is 12.5. The molecule has 2 N–H and O–H groups in total. The largest absolute Gasteiger partial charge is 0.335 e. The Kier molecular flexibility index (Phi) is 5.01. The molecule has 2 amide bonds. The number of nitrogens with zero attached hydrogens (tertiary/aromatic N) is 4. The molecule has 1 aliphatic rings. The lowest BCUT2D eigenvalue weighted by Gasteiger charge is -2.36. The maximum atomic E-state index is 12.5. The number of tetrazole rings is 1. The van der Waals surface area contributed by atoms with E-state index in [4.69, 9.17) is 0 Å². The van der Waals surface area contributed by atoms with E-state index in [2.05, 4.69) is 57.3 Å². The molecular weight excluding hydrogens is 316 g/mol. The van der Waals surface area contributed by atoms with Crippen molar-refractivity contribution in [2.24, 2.45) is 7.05 Å². The maximum Gasteiger partial charge on any atom is 0.315 e. The molecule has 1 saturated carbocycles. The summed E-state index contributed by atoms with van der Waals surface area (Å²) in [6.07, 6.45) is 4.59. The van der Waals surface area contributed by atoms with Gasteiger partial charge in [-0.1, -0.05) is 43.2 Å². The molecule has 3 rings (SSSR count). The molecule has 7 heteroatoms. The number of amides is 2. The van der Waals surface area contributed by atoms with Crippen LogP contribution in [0.2, 0.25) is 0 Å². The average molecular weight is 342 g/mol. The Labute approximate surface area is 148 Å². The summed E-state index contributed by atoms with van der Waals surface area (Å²) in [7, 11) is 1.76. The molecule has 1 aromatic carbocycles. The summed E-state index contributed by atoms with van der Waals surface area (Å²) in [6, 6.07) is 10.1. The monoisotopic (exact) mass is 342 g/mol. The third-order valence-corrected chi connectivity index (χ3v) is 5.41. The van der Waals surface area contributed by atoms with E-state index in [1.54, 1.807) is 11.7 Å². The van der Waals surface area contributed by atoms with Crippen LogP contribution in [-0.4, -0.2) is 32.3 Å². The van der Waals surface area contributed by atoms with Gasteiger partial charge < -0.3 is 10.6 Å². The zero-order valence-electron chi connectivity index (χ0n) is 15.1. The Morgan fingerprint density at radius 3 is 2.44 bits per heavy atom. The van der Waals surface area contributed by atoms with E-state index in [1.165, 1.54) is 18.4 Å². The molecule has 1 aromatic heterocycles. The van der Waals surface area contributed by atoms with Crippen LogP contribution < -0.4 is 10.6 Å². The second-order valence-electron chi connectivity index (χ2n) is 6.95. The van der Waals surface area contributed by atoms with Crippen LogP contribution in [0.4, 0.5) is 4.79 Å². The molecule has 0 unspecified atom stereocenters. The number of hydrogen-bond donors (Lipinski definition) is 2. The first kappa shape index (κ1) is 17.4. The molecule has 0 radical (unpaired) electrons.